The maximum atomic E-state index is 3.81. The molecule has 3 aliphatic rings. The molecule has 0 bridgehead atoms. The second-order valence-corrected chi connectivity index (χ2v) is 6.65. The van der Waals surface area contributed by atoms with Crippen LogP contribution in [0.3, 0.4) is 0 Å². The molecule has 0 aliphatic carbocycles. The molecule has 0 spiro atoms. The molecule has 0 radical (unpaired) electrons. The van der Waals surface area contributed by atoms with E-state index in [0.717, 1.165) is 12.1 Å². The van der Waals surface area contributed by atoms with Crippen molar-refractivity contribution in [3.8, 4) is 0 Å². The SMILES string of the molecule is CN1CCN(CCNC2CCN3CCCC3C2)CC1. The predicted molar refractivity (Wildman–Crippen MR) is 79.6 cm³/mol. The molecule has 2 unspecified atom stereocenters. The van der Waals surface area contributed by atoms with Crippen molar-refractivity contribution in [2.45, 2.75) is 37.8 Å². The van der Waals surface area contributed by atoms with Gasteiger partial charge in [-0.25, -0.2) is 0 Å². The second-order valence-electron chi connectivity index (χ2n) is 6.65. The molecule has 2 atom stereocenters. The molecule has 3 fully saturated rings. The van der Waals surface area contributed by atoms with Crippen molar-refractivity contribution in [3.63, 3.8) is 0 Å². The zero-order chi connectivity index (χ0) is 13.1. The third-order valence-electron chi connectivity index (χ3n) is 5.28. The average Bonchev–Trinajstić information content (AvgIpc) is 2.88. The van der Waals surface area contributed by atoms with Gasteiger partial charge in [0.05, 0.1) is 0 Å². The van der Waals surface area contributed by atoms with Gasteiger partial charge in [-0.1, -0.05) is 0 Å². The molecule has 4 heteroatoms. The molecular formula is C15H30N4. The van der Waals surface area contributed by atoms with Crippen molar-refractivity contribution in [2.24, 2.45) is 0 Å². The summed E-state index contributed by atoms with van der Waals surface area (Å²) in [6, 6.07) is 1.68. The van der Waals surface area contributed by atoms with Crippen molar-refractivity contribution in [3.05, 3.63) is 0 Å². The zero-order valence-electron chi connectivity index (χ0n) is 12.5. The topological polar surface area (TPSA) is 21.8 Å². The monoisotopic (exact) mass is 266 g/mol. The molecule has 0 aromatic carbocycles. The molecule has 3 rings (SSSR count). The van der Waals surface area contributed by atoms with Crippen LogP contribution >= 0.6 is 0 Å². The first-order chi connectivity index (χ1) is 9.31. The Morgan fingerprint density at radius 3 is 2.68 bits per heavy atom. The van der Waals surface area contributed by atoms with E-state index in [1.807, 2.05) is 0 Å². The van der Waals surface area contributed by atoms with Crippen LogP contribution in [0.5, 0.6) is 0 Å². The Labute approximate surface area is 118 Å². The molecule has 1 N–H and O–H groups in total. The van der Waals surface area contributed by atoms with Gasteiger partial charge in [0, 0.05) is 51.4 Å². The van der Waals surface area contributed by atoms with Crippen molar-refractivity contribution >= 4 is 0 Å². The zero-order valence-corrected chi connectivity index (χ0v) is 12.5. The van der Waals surface area contributed by atoms with E-state index in [1.165, 1.54) is 78.0 Å². The maximum absolute atomic E-state index is 3.81. The van der Waals surface area contributed by atoms with E-state index < -0.39 is 0 Å². The van der Waals surface area contributed by atoms with E-state index in [2.05, 4.69) is 27.1 Å². The summed E-state index contributed by atoms with van der Waals surface area (Å²) in [4.78, 5) is 7.75. The van der Waals surface area contributed by atoms with Gasteiger partial charge in [-0.2, -0.15) is 0 Å². The van der Waals surface area contributed by atoms with Gasteiger partial charge in [-0.05, 0) is 45.8 Å². The summed E-state index contributed by atoms with van der Waals surface area (Å²) in [5.41, 5.74) is 0. The Bertz CT molecular complexity index is 275. The van der Waals surface area contributed by atoms with Crippen LogP contribution in [0.1, 0.15) is 25.7 Å². The molecule has 3 aliphatic heterocycles. The van der Waals surface area contributed by atoms with E-state index in [4.69, 9.17) is 0 Å². The summed E-state index contributed by atoms with van der Waals surface area (Å²) >= 11 is 0. The van der Waals surface area contributed by atoms with Gasteiger partial charge < -0.3 is 15.1 Å². The van der Waals surface area contributed by atoms with E-state index in [0.29, 0.717) is 0 Å². The number of likely N-dealkylation sites (N-methyl/N-ethyl adjacent to an activating group) is 1. The van der Waals surface area contributed by atoms with Gasteiger partial charge in [0.15, 0.2) is 0 Å². The lowest BCUT2D eigenvalue weighted by Crippen LogP contribution is -2.49. The summed E-state index contributed by atoms with van der Waals surface area (Å²) in [6.07, 6.45) is 5.62. The first-order valence-corrected chi connectivity index (χ1v) is 8.19. The minimum absolute atomic E-state index is 0.784. The lowest BCUT2D eigenvalue weighted by molar-refractivity contribution is 0.143. The largest absolute Gasteiger partial charge is 0.313 e. The highest BCUT2D eigenvalue weighted by Crippen LogP contribution is 2.26. The van der Waals surface area contributed by atoms with Crippen LogP contribution in [-0.2, 0) is 0 Å². The Balaban J connectivity index is 1.32. The van der Waals surface area contributed by atoms with Crippen LogP contribution < -0.4 is 5.32 Å². The van der Waals surface area contributed by atoms with Crippen LogP contribution in [-0.4, -0.2) is 86.2 Å². The molecule has 4 nitrogen and oxygen atoms in total. The first-order valence-electron chi connectivity index (χ1n) is 8.19. The van der Waals surface area contributed by atoms with Crippen molar-refractivity contribution in [1.82, 2.24) is 20.0 Å². The Kier molecular flexibility index (Phi) is 4.74. The number of hydrogen-bond acceptors (Lipinski definition) is 4. The lowest BCUT2D eigenvalue weighted by Gasteiger charge is -2.36. The average molecular weight is 266 g/mol. The Morgan fingerprint density at radius 1 is 1.00 bits per heavy atom. The number of hydrogen-bond donors (Lipinski definition) is 1. The van der Waals surface area contributed by atoms with Crippen LogP contribution in [0.25, 0.3) is 0 Å². The highest BCUT2D eigenvalue weighted by Gasteiger charge is 2.31. The Hall–Kier alpha value is -0.160. The van der Waals surface area contributed by atoms with Crippen LogP contribution in [0.2, 0.25) is 0 Å². The molecule has 0 amide bonds. The number of piperazine rings is 1. The summed E-state index contributed by atoms with van der Waals surface area (Å²) < 4.78 is 0. The van der Waals surface area contributed by atoms with Crippen LogP contribution in [0.4, 0.5) is 0 Å². The predicted octanol–water partition coefficient (Wildman–Crippen LogP) is 0.450. The van der Waals surface area contributed by atoms with Gasteiger partial charge in [-0.3, -0.25) is 4.90 Å². The molecule has 110 valence electrons. The highest BCUT2D eigenvalue weighted by atomic mass is 15.3. The number of fused-ring (bicyclic) bond motifs is 1. The van der Waals surface area contributed by atoms with Gasteiger partial charge in [-0.15, -0.1) is 0 Å². The van der Waals surface area contributed by atoms with Gasteiger partial charge >= 0.3 is 0 Å². The fourth-order valence-electron chi connectivity index (χ4n) is 3.91. The molecule has 0 aromatic heterocycles. The third kappa shape index (κ3) is 3.69. The van der Waals surface area contributed by atoms with Gasteiger partial charge in [0.25, 0.3) is 0 Å². The summed E-state index contributed by atoms with van der Waals surface area (Å²) in [6.45, 7) is 10.1. The summed E-state index contributed by atoms with van der Waals surface area (Å²) in [5.74, 6) is 0. The standard InChI is InChI=1S/C15H30N4/c1-17-9-11-18(12-10-17)8-5-16-14-4-7-19-6-2-3-15(19)13-14/h14-16H,2-13H2,1H3. The van der Waals surface area contributed by atoms with Crippen LogP contribution in [0.15, 0.2) is 0 Å². The van der Waals surface area contributed by atoms with Crippen molar-refractivity contribution in [2.75, 3.05) is 59.4 Å². The molecule has 3 saturated heterocycles. The fourth-order valence-corrected chi connectivity index (χ4v) is 3.91. The number of nitrogens with one attached hydrogen (secondary N) is 1. The van der Waals surface area contributed by atoms with E-state index in [-0.39, 0.29) is 0 Å². The smallest absolute Gasteiger partial charge is 0.0111 e. The quantitative estimate of drug-likeness (QED) is 0.797. The van der Waals surface area contributed by atoms with Gasteiger partial charge in [0.2, 0.25) is 0 Å². The van der Waals surface area contributed by atoms with E-state index in [9.17, 15) is 0 Å². The minimum atomic E-state index is 0.784. The van der Waals surface area contributed by atoms with Crippen LogP contribution in [0, 0.1) is 0 Å². The normalized spacial score (nSPS) is 34.6. The molecule has 0 aromatic rings. The van der Waals surface area contributed by atoms with Gasteiger partial charge in [0.1, 0.15) is 0 Å². The fraction of sp³-hybridized carbons (Fsp3) is 1.00. The van der Waals surface area contributed by atoms with E-state index in [1.54, 1.807) is 0 Å². The van der Waals surface area contributed by atoms with Crippen molar-refractivity contribution in [1.29, 1.82) is 0 Å². The molecular weight excluding hydrogens is 236 g/mol. The van der Waals surface area contributed by atoms with E-state index >= 15 is 0 Å². The van der Waals surface area contributed by atoms with Crippen molar-refractivity contribution < 1.29 is 0 Å². The number of piperidine rings is 1. The highest BCUT2D eigenvalue weighted by molar-refractivity contribution is 4.89. The molecule has 0 saturated carbocycles. The Morgan fingerprint density at radius 2 is 1.84 bits per heavy atom. The lowest BCUT2D eigenvalue weighted by atomic mass is 9.97. The first kappa shape index (κ1) is 13.8. The molecule has 3 heterocycles. The summed E-state index contributed by atoms with van der Waals surface area (Å²) in [7, 11) is 2.23. The minimum Gasteiger partial charge on any atom is -0.313 e. The summed E-state index contributed by atoms with van der Waals surface area (Å²) in [5, 5.41) is 3.81. The maximum Gasteiger partial charge on any atom is 0.0111 e. The number of nitrogens with zero attached hydrogens (tertiary/aromatic N) is 3. The number of rotatable bonds is 4. The second kappa shape index (κ2) is 6.53. The third-order valence-corrected chi connectivity index (χ3v) is 5.28. The molecule has 19 heavy (non-hydrogen) atoms.